The maximum atomic E-state index is 13.1. The number of hydrogen-bond donors (Lipinski definition) is 1. The number of benzene rings is 1. The van der Waals surface area contributed by atoms with Gasteiger partial charge in [-0.3, -0.25) is 4.79 Å². The zero-order chi connectivity index (χ0) is 16.4. The molecule has 2 heterocycles. The summed E-state index contributed by atoms with van der Waals surface area (Å²) >= 11 is 0. The molecule has 0 aliphatic carbocycles. The molecular formula is C17H16FNO4. The molecule has 1 saturated heterocycles. The molecule has 0 amide bonds. The van der Waals surface area contributed by atoms with E-state index in [-0.39, 0.29) is 17.2 Å². The number of halogens is 1. The zero-order valence-electron chi connectivity index (χ0n) is 12.4. The van der Waals surface area contributed by atoms with Gasteiger partial charge >= 0.3 is 5.97 Å². The van der Waals surface area contributed by atoms with E-state index in [1.54, 1.807) is 10.8 Å². The Kier molecular flexibility index (Phi) is 4.25. The van der Waals surface area contributed by atoms with Gasteiger partial charge in [0, 0.05) is 31.1 Å². The van der Waals surface area contributed by atoms with Crippen molar-refractivity contribution in [2.75, 3.05) is 6.61 Å². The minimum absolute atomic E-state index is 0.0141. The molecule has 1 aromatic heterocycles. The van der Waals surface area contributed by atoms with Gasteiger partial charge in [-0.1, -0.05) is 12.1 Å². The summed E-state index contributed by atoms with van der Waals surface area (Å²) in [4.78, 5) is 23.7. The van der Waals surface area contributed by atoms with Crippen molar-refractivity contribution in [2.24, 2.45) is 0 Å². The van der Waals surface area contributed by atoms with E-state index in [4.69, 9.17) is 4.74 Å². The third kappa shape index (κ3) is 3.32. The molecule has 1 N–H and O–H groups in total. The van der Waals surface area contributed by atoms with Gasteiger partial charge in [0.15, 0.2) is 0 Å². The highest BCUT2D eigenvalue weighted by Gasteiger charge is 2.19. The van der Waals surface area contributed by atoms with E-state index in [0.717, 1.165) is 12.8 Å². The number of carbonyl (C=O) groups is 1. The average molecular weight is 317 g/mol. The Morgan fingerprint density at radius 2 is 2.04 bits per heavy atom. The number of aromatic nitrogens is 1. The van der Waals surface area contributed by atoms with Gasteiger partial charge in [-0.05, 0) is 30.5 Å². The SMILES string of the molecule is O=C(O)c1cn(CC2CCCO2)cc(-c2ccc(F)cc2)c1=O. The summed E-state index contributed by atoms with van der Waals surface area (Å²) in [6, 6.07) is 5.42. The number of hydrogen-bond acceptors (Lipinski definition) is 3. The van der Waals surface area contributed by atoms with Gasteiger partial charge in [-0.15, -0.1) is 0 Å². The first-order valence-corrected chi connectivity index (χ1v) is 7.39. The maximum absolute atomic E-state index is 13.1. The number of rotatable bonds is 4. The molecule has 1 aromatic carbocycles. The van der Waals surface area contributed by atoms with Crippen LogP contribution in [0, 0.1) is 5.82 Å². The van der Waals surface area contributed by atoms with Crippen molar-refractivity contribution in [2.45, 2.75) is 25.5 Å². The molecule has 0 bridgehead atoms. The number of pyridine rings is 1. The number of nitrogens with zero attached hydrogens (tertiary/aromatic N) is 1. The zero-order valence-corrected chi connectivity index (χ0v) is 12.4. The molecule has 1 aliphatic rings. The Balaban J connectivity index is 2.05. The van der Waals surface area contributed by atoms with Crippen LogP contribution >= 0.6 is 0 Å². The minimum atomic E-state index is -1.28. The van der Waals surface area contributed by atoms with E-state index in [0.29, 0.717) is 18.7 Å². The summed E-state index contributed by atoms with van der Waals surface area (Å²) < 4.78 is 20.3. The first-order chi connectivity index (χ1) is 11.0. The molecule has 2 aromatic rings. The lowest BCUT2D eigenvalue weighted by Crippen LogP contribution is -2.22. The van der Waals surface area contributed by atoms with Crippen molar-refractivity contribution in [1.82, 2.24) is 4.57 Å². The van der Waals surface area contributed by atoms with E-state index in [9.17, 15) is 19.1 Å². The Morgan fingerprint density at radius 1 is 1.30 bits per heavy atom. The number of aromatic carboxylic acids is 1. The second-order valence-electron chi connectivity index (χ2n) is 5.56. The van der Waals surface area contributed by atoms with E-state index >= 15 is 0 Å². The second kappa shape index (κ2) is 6.34. The van der Waals surface area contributed by atoms with Crippen molar-refractivity contribution >= 4 is 5.97 Å². The van der Waals surface area contributed by atoms with Crippen molar-refractivity contribution in [3.63, 3.8) is 0 Å². The molecule has 0 saturated carbocycles. The van der Waals surface area contributed by atoms with Crippen LogP contribution in [0.3, 0.4) is 0 Å². The lowest BCUT2D eigenvalue weighted by molar-refractivity contribution is 0.0692. The van der Waals surface area contributed by atoms with Gasteiger partial charge < -0.3 is 14.4 Å². The monoisotopic (exact) mass is 317 g/mol. The van der Waals surface area contributed by atoms with Crippen LogP contribution in [-0.4, -0.2) is 28.4 Å². The van der Waals surface area contributed by atoms with Crippen LogP contribution in [0.4, 0.5) is 4.39 Å². The Bertz CT molecular complexity index is 776. The lowest BCUT2D eigenvalue weighted by atomic mass is 10.0. The topological polar surface area (TPSA) is 68.5 Å². The third-order valence-corrected chi connectivity index (χ3v) is 3.90. The van der Waals surface area contributed by atoms with E-state index in [1.807, 2.05) is 0 Å². The number of ether oxygens (including phenoxy) is 1. The van der Waals surface area contributed by atoms with E-state index in [1.165, 1.54) is 30.5 Å². The first-order valence-electron chi connectivity index (χ1n) is 7.39. The highest BCUT2D eigenvalue weighted by atomic mass is 19.1. The molecule has 0 spiro atoms. The normalized spacial score (nSPS) is 17.3. The average Bonchev–Trinajstić information content (AvgIpc) is 3.02. The number of carboxylic acids is 1. The molecule has 6 heteroatoms. The Morgan fingerprint density at radius 3 is 2.65 bits per heavy atom. The van der Waals surface area contributed by atoms with Crippen molar-refractivity contribution < 1.29 is 19.0 Å². The summed E-state index contributed by atoms with van der Waals surface area (Å²) in [5.74, 6) is -1.69. The lowest BCUT2D eigenvalue weighted by Gasteiger charge is -2.15. The van der Waals surface area contributed by atoms with Crippen molar-refractivity contribution in [3.05, 3.63) is 58.3 Å². The fraction of sp³-hybridized carbons (Fsp3) is 0.294. The van der Waals surface area contributed by atoms with E-state index in [2.05, 4.69) is 0 Å². The minimum Gasteiger partial charge on any atom is -0.477 e. The molecule has 0 radical (unpaired) electrons. The summed E-state index contributed by atoms with van der Waals surface area (Å²) in [5.41, 5.74) is -0.152. The summed E-state index contributed by atoms with van der Waals surface area (Å²) in [7, 11) is 0. The predicted molar refractivity (Wildman–Crippen MR) is 82.0 cm³/mol. The Labute approximate surface area is 131 Å². The third-order valence-electron chi connectivity index (χ3n) is 3.90. The molecule has 1 unspecified atom stereocenters. The molecule has 1 atom stereocenters. The van der Waals surface area contributed by atoms with Crippen molar-refractivity contribution in [1.29, 1.82) is 0 Å². The highest BCUT2D eigenvalue weighted by molar-refractivity contribution is 5.88. The molecule has 5 nitrogen and oxygen atoms in total. The molecule has 23 heavy (non-hydrogen) atoms. The Hall–Kier alpha value is -2.47. The van der Waals surface area contributed by atoms with Gasteiger partial charge in [0.05, 0.1) is 6.10 Å². The quantitative estimate of drug-likeness (QED) is 0.941. The van der Waals surface area contributed by atoms with Gasteiger partial charge in [-0.2, -0.15) is 0 Å². The second-order valence-corrected chi connectivity index (χ2v) is 5.56. The maximum Gasteiger partial charge on any atom is 0.341 e. The van der Waals surface area contributed by atoms with Crippen LogP contribution in [0.15, 0.2) is 41.5 Å². The van der Waals surface area contributed by atoms with Crippen LogP contribution in [0.5, 0.6) is 0 Å². The largest absolute Gasteiger partial charge is 0.477 e. The van der Waals surface area contributed by atoms with Gasteiger partial charge in [0.1, 0.15) is 11.4 Å². The molecule has 3 rings (SSSR count). The van der Waals surface area contributed by atoms with Crippen LogP contribution in [-0.2, 0) is 11.3 Å². The molecule has 1 fully saturated rings. The smallest absolute Gasteiger partial charge is 0.341 e. The highest BCUT2D eigenvalue weighted by Crippen LogP contribution is 2.19. The van der Waals surface area contributed by atoms with Crippen molar-refractivity contribution in [3.8, 4) is 11.1 Å². The standard InChI is InChI=1S/C17H16FNO4/c18-12-5-3-11(4-6-12)14-9-19(8-13-2-1-7-23-13)10-15(16(14)20)17(21)22/h3-6,9-10,13H,1-2,7-8H2,(H,21,22). The molecular weight excluding hydrogens is 301 g/mol. The van der Waals surface area contributed by atoms with Gasteiger partial charge in [-0.25, -0.2) is 9.18 Å². The fourth-order valence-corrected chi connectivity index (χ4v) is 2.75. The van der Waals surface area contributed by atoms with Crippen LogP contribution < -0.4 is 5.43 Å². The summed E-state index contributed by atoms with van der Waals surface area (Å²) in [6.45, 7) is 1.18. The van der Waals surface area contributed by atoms with Crippen LogP contribution in [0.25, 0.3) is 11.1 Å². The predicted octanol–water partition coefficient (Wildman–Crippen LogP) is 2.53. The molecule has 120 valence electrons. The molecule has 1 aliphatic heterocycles. The van der Waals surface area contributed by atoms with Gasteiger partial charge in [0.2, 0.25) is 5.43 Å². The van der Waals surface area contributed by atoms with Crippen LogP contribution in [0.2, 0.25) is 0 Å². The van der Waals surface area contributed by atoms with Crippen LogP contribution in [0.1, 0.15) is 23.2 Å². The fourth-order valence-electron chi connectivity index (χ4n) is 2.75. The summed E-state index contributed by atoms with van der Waals surface area (Å²) in [5, 5.41) is 9.26. The van der Waals surface area contributed by atoms with Gasteiger partial charge in [0.25, 0.3) is 0 Å². The summed E-state index contributed by atoms with van der Waals surface area (Å²) in [6.07, 6.45) is 4.82. The van der Waals surface area contributed by atoms with E-state index < -0.39 is 17.2 Å². The first kappa shape index (κ1) is 15.4. The number of carboxylic acid groups (broad SMARTS) is 1.